The summed E-state index contributed by atoms with van der Waals surface area (Å²) >= 11 is 5.98. The summed E-state index contributed by atoms with van der Waals surface area (Å²) in [4.78, 5) is 21.2. The minimum absolute atomic E-state index is 0.164. The van der Waals surface area contributed by atoms with Crippen molar-refractivity contribution in [2.45, 2.75) is 39.7 Å². The van der Waals surface area contributed by atoms with Gasteiger partial charge in [-0.3, -0.25) is 9.69 Å². The van der Waals surface area contributed by atoms with Crippen molar-refractivity contribution in [1.29, 1.82) is 0 Å². The van der Waals surface area contributed by atoms with Gasteiger partial charge in [0.15, 0.2) is 0 Å². The predicted octanol–water partition coefficient (Wildman–Crippen LogP) is 4.50. The second-order valence-electron chi connectivity index (χ2n) is 9.69. The van der Waals surface area contributed by atoms with Crippen molar-refractivity contribution >= 4 is 17.5 Å². The molecule has 1 aliphatic heterocycles. The first-order chi connectivity index (χ1) is 16.7. The summed E-state index contributed by atoms with van der Waals surface area (Å²) in [6, 6.07) is 7.79. The highest BCUT2D eigenvalue weighted by atomic mass is 35.5. The number of halogens is 1. The number of hydrogen-bond donors (Lipinski definition) is 1. The number of likely N-dealkylation sites (tertiary alicyclic amines) is 1. The molecule has 1 fully saturated rings. The van der Waals surface area contributed by atoms with Crippen molar-refractivity contribution in [2.24, 2.45) is 5.92 Å². The van der Waals surface area contributed by atoms with Crippen LogP contribution in [0.1, 0.15) is 52.9 Å². The fourth-order valence-electron chi connectivity index (χ4n) is 4.44. The number of amides is 1. The number of ether oxygens (including phenoxy) is 2. The Kier molecular flexibility index (Phi) is 9.78. The number of benzene rings is 1. The van der Waals surface area contributed by atoms with Crippen LogP contribution in [0, 0.1) is 19.8 Å². The Bertz CT molecular complexity index is 1010. The molecule has 1 unspecified atom stereocenters. The van der Waals surface area contributed by atoms with E-state index in [1.807, 2.05) is 0 Å². The van der Waals surface area contributed by atoms with Gasteiger partial charge in [0.1, 0.15) is 10.9 Å². The molecule has 1 aromatic carbocycles. The standard InChI is InChI=1S/C27H39ClN4O3/c1-18-19(2)24(35-12-8-7-11-31(4)5)10-9-23(18)20(3)32-16-21(17-32)15-29-27(33)22-13-25(28)30-26(14-22)34-6/h9-10,13-14,20-21H,7-8,11-12,15-17H2,1-6H3,(H,29,33). The first-order valence-corrected chi connectivity index (χ1v) is 12.7. The van der Waals surface area contributed by atoms with E-state index in [4.69, 9.17) is 21.1 Å². The average Bonchev–Trinajstić information content (AvgIpc) is 2.79. The monoisotopic (exact) mass is 502 g/mol. The summed E-state index contributed by atoms with van der Waals surface area (Å²) in [5, 5.41) is 3.25. The molecule has 8 heteroatoms. The zero-order valence-electron chi connectivity index (χ0n) is 21.9. The smallest absolute Gasteiger partial charge is 0.251 e. The fourth-order valence-corrected chi connectivity index (χ4v) is 4.64. The van der Waals surface area contributed by atoms with Gasteiger partial charge in [-0.1, -0.05) is 17.7 Å². The number of nitrogens with one attached hydrogen (secondary N) is 1. The molecule has 2 aromatic rings. The molecule has 0 radical (unpaired) electrons. The van der Waals surface area contributed by atoms with Crippen molar-refractivity contribution < 1.29 is 14.3 Å². The number of hydrogen-bond acceptors (Lipinski definition) is 6. The summed E-state index contributed by atoms with van der Waals surface area (Å²) in [5.41, 5.74) is 4.31. The van der Waals surface area contributed by atoms with Crippen LogP contribution in [0.3, 0.4) is 0 Å². The second kappa shape index (κ2) is 12.6. The van der Waals surface area contributed by atoms with Crippen LogP contribution < -0.4 is 14.8 Å². The van der Waals surface area contributed by atoms with Gasteiger partial charge < -0.3 is 19.7 Å². The summed E-state index contributed by atoms with van der Waals surface area (Å²) in [5.74, 6) is 1.58. The highest BCUT2D eigenvalue weighted by molar-refractivity contribution is 6.29. The molecule has 0 bridgehead atoms. The van der Waals surface area contributed by atoms with Crippen LogP contribution in [0.25, 0.3) is 0 Å². The molecule has 0 saturated carbocycles. The van der Waals surface area contributed by atoms with Gasteiger partial charge in [0.05, 0.1) is 13.7 Å². The van der Waals surface area contributed by atoms with Gasteiger partial charge in [0.25, 0.3) is 5.91 Å². The maximum atomic E-state index is 12.5. The van der Waals surface area contributed by atoms with Crippen LogP contribution in [-0.2, 0) is 0 Å². The lowest BCUT2D eigenvalue weighted by Crippen LogP contribution is -2.52. The topological polar surface area (TPSA) is 66.9 Å². The van der Waals surface area contributed by atoms with Crippen molar-refractivity contribution in [3.63, 3.8) is 0 Å². The third-order valence-electron chi connectivity index (χ3n) is 6.81. The molecular weight excluding hydrogens is 464 g/mol. The van der Waals surface area contributed by atoms with E-state index in [1.165, 1.54) is 23.8 Å². The Morgan fingerprint density at radius 1 is 1.23 bits per heavy atom. The molecule has 35 heavy (non-hydrogen) atoms. The van der Waals surface area contributed by atoms with Crippen LogP contribution in [-0.4, -0.2) is 74.7 Å². The minimum atomic E-state index is -0.164. The Balaban J connectivity index is 1.47. The number of aromatic nitrogens is 1. The molecule has 1 saturated heterocycles. The molecule has 192 valence electrons. The highest BCUT2D eigenvalue weighted by Crippen LogP contribution is 2.34. The fraction of sp³-hybridized carbons (Fsp3) is 0.556. The minimum Gasteiger partial charge on any atom is -0.493 e. The lowest BCUT2D eigenvalue weighted by atomic mass is 9.91. The summed E-state index contributed by atoms with van der Waals surface area (Å²) < 4.78 is 11.2. The summed E-state index contributed by atoms with van der Waals surface area (Å²) in [7, 11) is 5.70. The number of carbonyl (C=O) groups excluding carboxylic acids is 1. The SMILES string of the molecule is COc1cc(C(=O)NCC2CN(C(C)c3ccc(OCCCCN(C)C)c(C)c3C)C2)cc(Cl)n1. The largest absolute Gasteiger partial charge is 0.493 e. The maximum absolute atomic E-state index is 12.5. The first kappa shape index (κ1) is 27.2. The van der Waals surface area contributed by atoms with Gasteiger partial charge in [0.2, 0.25) is 5.88 Å². The van der Waals surface area contributed by atoms with E-state index < -0.39 is 0 Å². The number of unbranched alkanes of at least 4 members (excludes halogenated alkanes) is 1. The highest BCUT2D eigenvalue weighted by Gasteiger charge is 2.32. The van der Waals surface area contributed by atoms with Gasteiger partial charge in [-0.05, 0) is 83.1 Å². The quantitative estimate of drug-likeness (QED) is 0.340. The third-order valence-corrected chi connectivity index (χ3v) is 7.01. The number of rotatable bonds is 12. The zero-order valence-corrected chi connectivity index (χ0v) is 22.6. The van der Waals surface area contributed by atoms with Crippen molar-refractivity contribution in [3.05, 3.63) is 51.7 Å². The predicted molar refractivity (Wildman–Crippen MR) is 141 cm³/mol. The summed E-state index contributed by atoms with van der Waals surface area (Å²) in [6.07, 6.45) is 2.20. The number of methoxy groups -OCH3 is 1. The molecule has 1 aliphatic rings. The second-order valence-corrected chi connectivity index (χ2v) is 10.1. The van der Waals surface area contributed by atoms with E-state index >= 15 is 0 Å². The van der Waals surface area contributed by atoms with E-state index in [-0.39, 0.29) is 11.1 Å². The van der Waals surface area contributed by atoms with Gasteiger partial charge in [-0.15, -0.1) is 0 Å². The van der Waals surface area contributed by atoms with Crippen LogP contribution in [0.15, 0.2) is 24.3 Å². The molecular formula is C27H39ClN4O3. The number of nitrogens with zero attached hydrogens (tertiary/aromatic N) is 3. The van der Waals surface area contributed by atoms with Gasteiger partial charge in [-0.25, -0.2) is 4.98 Å². The van der Waals surface area contributed by atoms with Crippen molar-refractivity contribution in [1.82, 2.24) is 20.1 Å². The van der Waals surface area contributed by atoms with Gasteiger partial charge >= 0.3 is 0 Å². The van der Waals surface area contributed by atoms with Crippen LogP contribution in [0.4, 0.5) is 0 Å². The van der Waals surface area contributed by atoms with E-state index in [0.29, 0.717) is 29.9 Å². The molecule has 3 rings (SSSR count). The number of carbonyl (C=O) groups is 1. The molecule has 1 amide bonds. The van der Waals surface area contributed by atoms with E-state index in [0.717, 1.165) is 44.8 Å². The molecule has 1 aromatic heterocycles. The van der Waals surface area contributed by atoms with E-state index in [2.05, 4.69) is 67.1 Å². The average molecular weight is 503 g/mol. The Hall–Kier alpha value is -2.35. The molecule has 0 spiro atoms. The van der Waals surface area contributed by atoms with E-state index in [9.17, 15) is 4.79 Å². The molecule has 1 N–H and O–H groups in total. The first-order valence-electron chi connectivity index (χ1n) is 12.3. The molecule has 1 atom stereocenters. The third kappa shape index (κ3) is 7.32. The van der Waals surface area contributed by atoms with Crippen LogP contribution in [0.2, 0.25) is 5.15 Å². The normalized spacial score (nSPS) is 15.1. The zero-order chi connectivity index (χ0) is 25.5. The molecule has 0 aliphatic carbocycles. The van der Waals surface area contributed by atoms with Crippen LogP contribution in [0.5, 0.6) is 11.6 Å². The maximum Gasteiger partial charge on any atom is 0.251 e. The Morgan fingerprint density at radius 2 is 1.97 bits per heavy atom. The van der Waals surface area contributed by atoms with Crippen LogP contribution >= 0.6 is 11.6 Å². The molecule has 2 heterocycles. The van der Waals surface area contributed by atoms with Gasteiger partial charge in [-0.2, -0.15) is 0 Å². The Morgan fingerprint density at radius 3 is 2.66 bits per heavy atom. The van der Waals surface area contributed by atoms with Crippen molar-refractivity contribution in [3.8, 4) is 11.6 Å². The lowest BCUT2D eigenvalue weighted by molar-refractivity contribution is 0.0569. The number of pyridine rings is 1. The molecule has 7 nitrogen and oxygen atoms in total. The Labute approximate surface area is 214 Å². The summed E-state index contributed by atoms with van der Waals surface area (Å²) in [6.45, 7) is 11.0. The van der Waals surface area contributed by atoms with Gasteiger partial charge in [0, 0.05) is 43.2 Å². The van der Waals surface area contributed by atoms with Crippen molar-refractivity contribution in [2.75, 3.05) is 54.0 Å². The van der Waals surface area contributed by atoms with E-state index in [1.54, 1.807) is 12.1 Å². The lowest BCUT2D eigenvalue weighted by Gasteiger charge is -2.44.